The zero-order valence-electron chi connectivity index (χ0n) is 10.7. The van der Waals surface area contributed by atoms with E-state index in [0.29, 0.717) is 6.04 Å². The SMILES string of the molecule is COc1ccc(CC2CCCCN2)cc1OC. The van der Waals surface area contributed by atoms with Gasteiger partial charge in [0.1, 0.15) is 0 Å². The normalized spacial score (nSPS) is 20.0. The molecule has 0 aromatic heterocycles. The van der Waals surface area contributed by atoms with Gasteiger partial charge in [0.2, 0.25) is 0 Å². The molecule has 1 unspecified atom stereocenters. The van der Waals surface area contributed by atoms with Crippen molar-refractivity contribution >= 4 is 0 Å². The summed E-state index contributed by atoms with van der Waals surface area (Å²) >= 11 is 0. The zero-order chi connectivity index (χ0) is 12.1. The number of hydrogen-bond acceptors (Lipinski definition) is 3. The summed E-state index contributed by atoms with van der Waals surface area (Å²) in [6.07, 6.45) is 4.99. The van der Waals surface area contributed by atoms with Crippen LogP contribution in [-0.4, -0.2) is 26.8 Å². The van der Waals surface area contributed by atoms with Gasteiger partial charge in [-0.2, -0.15) is 0 Å². The first-order valence-corrected chi connectivity index (χ1v) is 6.28. The van der Waals surface area contributed by atoms with E-state index in [1.165, 1.54) is 24.8 Å². The molecule has 94 valence electrons. The molecule has 2 rings (SSSR count). The van der Waals surface area contributed by atoms with Crippen molar-refractivity contribution in [2.75, 3.05) is 20.8 Å². The van der Waals surface area contributed by atoms with Crippen molar-refractivity contribution in [3.05, 3.63) is 23.8 Å². The van der Waals surface area contributed by atoms with Gasteiger partial charge in [-0.25, -0.2) is 0 Å². The van der Waals surface area contributed by atoms with Crippen LogP contribution in [0.3, 0.4) is 0 Å². The molecule has 0 radical (unpaired) electrons. The first-order chi connectivity index (χ1) is 8.33. The van der Waals surface area contributed by atoms with Crippen LogP contribution in [0.4, 0.5) is 0 Å². The Kier molecular flexibility index (Phi) is 4.26. The lowest BCUT2D eigenvalue weighted by Crippen LogP contribution is -2.35. The minimum Gasteiger partial charge on any atom is -0.493 e. The molecule has 1 aliphatic rings. The second-order valence-corrected chi connectivity index (χ2v) is 4.54. The van der Waals surface area contributed by atoms with Crippen molar-refractivity contribution in [2.24, 2.45) is 0 Å². The van der Waals surface area contributed by atoms with Gasteiger partial charge in [-0.1, -0.05) is 12.5 Å². The second-order valence-electron chi connectivity index (χ2n) is 4.54. The van der Waals surface area contributed by atoms with Crippen LogP contribution in [0.1, 0.15) is 24.8 Å². The number of hydrogen-bond donors (Lipinski definition) is 1. The quantitative estimate of drug-likeness (QED) is 0.869. The van der Waals surface area contributed by atoms with E-state index in [2.05, 4.69) is 17.4 Å². The molecule has 1 fully saturated rings. The van der Waals surface area contributed by atoms with Gasteiger partial charge in [0.25, 0.3) is 0 Å². The Morgan fingerprint density at radius 3 is 2.65 bits per heavy atom. The van der Waals surface area contributed by atoms with Crippen molar-refractivity contribution in [1.29, 1.82) is 0 Å². The van der Waals surface area contributed by atoms with Gasteiger partial charge < -0.3 is 14.8 Å². The van der Waals surface area contributed by atoms with E-state index in [1.54, 1.807) is 14.2 Å². The minimum absolute atomic E-state index is 0.613. The van der Waals surface area contributed by atoms with E-state index >= 15 is 0 Å². The smallest absolute Gasteiger partial charge is 0.160 e. The minimum atomic E-state index is 0.613. The lowest BCUT2D eigenvalue weighted by Gasteiger charge is -2.23. The maximum Gasteiger partial charge on any atom is 0.160 e. The van der Waals surface area contributed by atoms with Crippen molar-refractivity contribution in [3.8, 4) is 11.5 Å². The van der Waals surface area contributed by atoms with E-state index in [4.69, 9.17) is 9.47 Å². The summed E-state index contributed by atoms with van der Waals surface area (Å²) < 4.78 is 10.6. The second kappa shape index (κ2) is 5.92. The summed E-state index contributed by atoms with van der Waals surface area (Å²) in [5.74, 6) is 1.62. The molecule has 0 amide bonds. The van der Waals surface area contributed by atoms with Gasteiger partial charge in [0, 0.05) is 6.04 Å². The highest BCUT2D eigenvalue weighted by molar-refractivity contribution is 5.43. The average molecular weight is 235 g/mol. The summed E-state index contributed by atoms with van der Waals surface area (Å²) in [5, 5.41) is 3.56. The third kappa shape index (κ3) is 3.13. The van der Waals surface area contributed by atoms with Gasteiger partial charge in [0.05, 0.1) is 14.2 Å². The molecule has 1 N–H and O–H groups in total. The number of piperidine rings is 1. The molecular weight excluding hydrogens is 214 g/mol. The summed E-state index contributed by atoms with van der Waals surface area (Å²) in [5.41, 5.74) is 1.31. The Bertz CT molecular complexity index is 359. The first kappa shape index (κ1) is 12.2. The molecular formula is C14H21NO2. The third-order valence-electron chi connectivity index (χ3n) is 3.34. The Morgan fingerprint density at radius 1 is 1.18 bits per heavy atom. The predicted octanol–water partition coefficient (Wildman–Crippen LogP) is 2.39. The number of ether oxygens (including phenoxy) is 2. The summed E-state index contributed by atoms with van der Waals surface area (Å²) in [6, 6.07) is 6.80. The topological polar surface area (TPSA) is 30.5 Å². The standard InChI is InChI=1S/C14H21NO2/c1-16-13-7-6-11(10-14(13)17-2)9-12-5-3-4-8-15-12/h6-7,10,12,15H,3-5,8-9H2,1-2H3. The molecule has 0 spiro atoms. The van der Waals surface area contributed by atoms with E-state index in [1.807, 2.05) is 6.07 Å². The molecule has 1 heterocycles. The van der Waals surface area contributed by atoms with Crippen LogP contribution < -0.4 is 14.8 Å². The van der Waals surface area contributed by atoms with Crippen LogP contribution >= 0.6 is 0 Å². The molecule has 3 heteroatoms. The van der Waals surface area contributed by atoms with Crippen LogP contribution in [0.25, 0.3) is 0 Å². The van der Waals surface area contributed by atoms with Crippen LogP contribution in [0.2, 0.25) is 0 Å². The molecule has 1 aliphatic heterocycles. The zero-order valence-corrected chi connectivity index (χ0v) is 10.7. The molecule has 1 atom stereocenters. The number of methoxy groups -OCH3 is 2. The Morgan fingerprint density at radius 2 is 2.00 bits per heavy atom. The maximum absolute atomic E-state index is 5.32. The van der Waals surface area contributed by atoms with Gasteiger partial charge >= 0.3 is 0 Å². The van der Waals surface area contributed by atoms with Gasteiger partial charge in [0.15, 0.2) is 11.5 Å². The van der Waals surface area contributed by atoms with Crippen molar-refractivity contribution in [3.63, 3.8) is 0 Å². The van der Waals surface area contributed by atoms with Crippen LogP contribution in [0.15, 0.2) is 18.2 Å². The van der Waals surface area contributed by atoms with E-state index < -0.39 is 0 Å². The Balaban J connectivity index is 2.05. The monoisotopic (exact) mass is 235 g/mol. The fourth-order valence-electron chi connectivity index (χ4n) is 2.39. The fraction of sp³-hybridized carbons (Fsp3) is 0.571. The molecule has 1 aromatic carbocycles. The van der Waals surface area contributed by atoms with Crippen LogP contribution in [0, 0.1) is 0 Å². The van der Waals surface area contributed by atoms with Crippen LogP contribution in [-0.2, 0) is 6.42 Å². The molecule has 0 saturated carbocycles. The lowest BCUT2D eigenvalue weighted by molar-refractivity contribution is 0.353. The lowest BCUT2D eigenvalue weighted by atomic mass is 9.97. The average Bonchev–Trinajstić information content (AvgIpc) is 2.40. The van der Waals surface area contributed by atoms with Gasteiger partial charge in [-0.3, -0.25) is 0 Å². The largest absolute Gasteiger partial charge is 0.493 e. The molecule has 0 bridgehead atoms. The summed E-state index contributed by atoms with van der Waals surface area (Å²) in [4.78, 5) is 0. The highest BCUT2D eigenvalue weighted by Gasteiger charge is 2.14. The van der Waals surface area contributed by atoms with Gasteiger partial charge in [-0.15, -0.1) is 0 Å². The molecule has 1 aromatic rings. The van der Waals surface area contributed by atoms with Gasteiger partial charge in [-0.05, 0) is 43.5 Å². The number of rotatable bonds is 4. The highest BCUT2D eigenvalue weighted by Crippen LogP contribution is 2.28. The predicted molar refractivity (Wildman–Crippen MR) is 68.9 cm³/mol. The number of benzene rings is 1. The molecule has 3 nitrogen and oxygen atoms in total. The summed E-state index contributed by atoms with van der Waals surface area (Å²) in [7, 11) is 3.35. The highest BCUT2D eigenvalue weighted by atomic mass is 16.5. The van der Waals surface area contributed by atoms with Crippen molar-refractivity contribution < 1.29 is 9.47 Å². The van der Waals surface area contributed by atoms with E-state index in [-0.39, 0.29) is 0 Å². The Labute approximate surface area is 103 Å². The van der Waals surface area contributed by atoms with Crippen LogP contribution in [0.5, 0.6) is 11.5 Å². The Hall–Kier alpha value is -1.22. The fourth-order valence-corrected chi connectivity index (χ4v) is 2.39. The van der Waals surface area contributed by atoms with E-state index in [0.717, 1.165) is 24.5 Å². The number of nitrogens with one attached hydrogen (secondary N) is 1. The van der Waals surface area contributed by atoms with E-state index in [9.17, 15) is 0 Å². The maximum atomic E-state index is 5.32. The molecule has 0 aliphatic carbocycles. The van der Waals surface area contributed by atoms with Crippen molar-refractivity contribution in [2.45, 2.75) is 31.7 Å². The third-order valence-corrected chi connectivity index (χ3v) is 3.34. The first-order valence-electron chi connectivity index (χ1n) is 6.28. The van der Waals surface area contributed by atoms with Crippen molar-refractivity contribution in [1.82, 2.24) is 5.32 Å². The molecule has 17 heavy (non-hydrogen) atoms. The summed E-state index contributed by atoms with van der Waals surface area (Å²) in [6.45, 7) is 1.15. The molecule has 1 saturated heterocycles.